The Balaban J connectivity index is 1.73. The fourth-order valence-corrected chi connectivity index (χ4v) is 3.63. The van der Waals surface area contributed by atoms with Gasteiger partial charge in [0.2, 0.25) is 0 Å². The maximum absolute atomic E-state index is 3.71. The van der Waals surface area contributed by atoms with Gasteiger partial charge in [-0.2, -0.15) is 11.8 Å². The highest BCUT2D eigenvalue weighted by molar-refractivity contribution is 7.99. The van der Waals surface area contributed by atoms with Gasteiger partial charge in [0, 0.05) is 30.4 Å². The second-order valence-electron chi connectivity index (χ2n) is 4.94. The molecule has 0 radical (unpaired) electrons. The van der Waals surface area contributed by atoms with Gasteiger partial charge < -0.3 is 10.2 Å². The van der Waals surface area contributed by atoms with Crippen LogP contribution in [0, 0.1) is 0 Å². The molecule has 2 saturated heterocycles. The highest BCUT2D eigenvalue weighted by atomic mass is 32.2. The lowest BCUT2D eigenvalue weighted by Gasteiger charge is -2.35. The van der Waals surface area contributed by atoms with Gasteiger partial charge in [0.15, 0.2) is 0 Å². The third-order valence-electron chi connectivity index (χ3n) is 3.86. The zero-order valence-corrected chi connectivity index (χ0v) is 10.9. The molecule has 2 atom stereocenters. The summed E-state index contributed by atoms with van der Waals surface area (Å²) in [6.45, 7) is 3.51. The number of rotatable bonds is 5. The quantitative estimate of drug-likeness (QED) is 0.724. The Labute approximate surface area is 98.2 Å². The molecule has 2 aliphatic rings. The summed E-state index contributed by atoms with van der Waals surface area (Å²) in [6, 6.07) is 2.51. The molecule has 2 fully saturated rings. The highest BCUT2D eigenvalue weighted by Gasteiger charge is 2.34. The van der Waals surface area contributed by atoms with Crippen LogP contribution >= 0.6 is 11.8 Å². The van der Waals surface area contributed by atoms with Crippen molar-refractivity contribution >= 4 is 11.8 Å². The summed E-state index contributed by atoms with van der Waals surface area (Å²) in [4.78, 5) is 2.59. The molecule has 2 heterocycles. The summed E-state index contributed by atoms with van der Waals surface area (Å²) in [5.41, 5.74) is 0. The van der Waals surface area contributed by atoms with Gasteiger partial charge in [0.25, 0.3) is 0 Å². The summed E-state index contributed by atoms with van der Waals surface area (Å²) >= 11 is 2.06. The van der Waals surface area contributed by atoms with E-state index in [1.165, 1.54) is 43.7 Å². The molecule has 0 saturated carbocycles. The van der Waals surface area contributed by atoms with Crippen LogP contribution < -0.4 is 5.32 Å². The second-order valence-corrected chi connectivity index (χ2v) is 6.33. The van der Waals surface area contributed by atoms with Crippen LogP contribution in [-0.4, -0.2) is 48.1 Å². The normalized spacial score (nSPS) is 35.0. The smallest absolute Gasteiger partial charge is 0.0122 e. The predicted octanol–water partition coefficient (Wildman–Crippen LogP) is 1.95. The van der Waals surface area contributed by atoms with E-state index in [1.54, 1.807) is 0 Å². The van der Waals surface area contributed by atoms with E-state index in [1.807, 2.05) is 0 Å². The van der Waals surface area contributed by atoms with E-state index >= 15 is 0 Å². The van der Waals surface area contributed by atoms with Gasteiger partial charge in [-0.25, -0.2) is 0 Å². The Bertz CT molecular complexity index is 186. The molecule has 2 unspecified atom stereocenters. The van der Waals surface area contributed by atoms with Crippen molar-refractivity contribution < 1.29 is 0 Å². The Morgan fingerprint density at radius 3 is 2.53 bits per heavy atom. The molecule has 0 amide bonds. The maximum Gasteiger partial charge on any atom is 0.0122 e. The van der Waals surface area contributed by atoms with E-state index in [2.05, 4.69) is 35.9 Å². The number of nitrogens with one attached hydrogen (secondary N) is 1. The lowest BCUT2D eigenvalue weighted by atomic mass is 9.99. The molecule has 2 rings (SSSR count). The van der Waals surface area contributed by atoms with Crippen LogP contribution in [-0.2, 0) is 0 Å². The molecule has 0 aromatic rings. The van der Waals surface area contributed by atoms with Gasteiger partial charge in [-0.15, -0.1) is 0 Å². The third kappa shape index (κ3) is 3.11. The van der Waals surface area contributed by atoms with E-state index in [4.69, 9.17) is 0 Å². The SMILES string of the molecule is CCSCCN(C)C1CC2CCC(C1)N2. The number of thioether (sulfide) groups is 1. The number of nitrogens with zero attached hydrogens (tertiary/aromatic N) is 1. The Hall–Kier alpha value is 0.270. The molecule has 2 aliphatic heterocycles. The molecule has 15 heavy (non-hydrogen) atoms. The zero-order chi connectivity index (χ0) is 10.7. The van der Waals surface area contributed by atoms with E-state index in [-0.39, 0.29) is 0 Å². The average molecular weight is 228 g/mol. The first kappa shape index (κ1) is 11.7. The van der Waals surface area contributed by atoms with Crippen LogP contribution in [0.15, 0.2) is 0 Å². The van der Waals surface area contributed by atoms with E-state index < -0.39 is 0 Å². The van der Waals surface area contributed by atoms with Crippen molar-refractivity contribution in [2.45, 2.75) is 50.7 Å². The topological polar surface area (TPSA) is 15.3 Å². The lowest BCUT2D eigenvalue weighted by molar-refractivity contribution is 0.181. The number of hydrogen-bond acceptors (Lipinski definition) is 3. The second kappa shape index (κ2) is 5.55. The molecule has 1 N–H and O–H groups in total. The molecule has 2 bridgehead atoms. The monoisotopic (exact) mass is 228 g/mol. The van der Waals surface area contributed by atoms with Crippen molar-refractivity contribution in [1.29, 1.82) is 0 Å². The standard InChI is InChI=1S/C12H24N2S/c1-3-15-7-6-14(2)12-8-10-4-5-11(9-12)13-10/h10-13H,3-9H2,1-2H3. The highest BCUT2D eigenvalue weighted by Crippen LogP contribution is 2.29. The van der Waals surface area contributed by atoms with Gasteiger partial charge in [-0.1, -0.05) is 6.92 Å². The van der Waals surface area contributed by atoms with E-state index in [0.717, 1.165) is 18.1 Å². The number of piperidine rings is 1. The summed E-state index contributed by atoms with van der Waals surface area (Å²) in [7, 11) is 2.31. The summed E-state index contributed by atoms with van der Waals surface area (Å²) in [6.07, 6.45) is 5.59. The van der Waals surface area contributed by atoms with Gasteiger partial charge in [-0.05, 0) is 38.5 Å². The van der Waals surface area contributed by atoms with Crippen molar-refractivity contribution in [2.75, 3.05) is 25.1 Å². The first-order chi connectivity index (χ1) is 7.29. The fraction of sp³-hybridized carbons (Fsp3) is 1.00. The van der Waals surface area contributed by atoms with Crippen molar-refractivity contribution in [3.8, 4) is 0 Å². The molecule has 3 heteroatoms. The van der Waals surface area contributed by atoms with Crippen molar-refractivity contribution in [1.82, 2.24) is 10.2 Å². The van der Waals surface area contributed by atoms with Gasteiger partial charge in [0.1, 0.15) is 0 Å². The molecule has 0 aromatic heterocycles. The molecule has 0 aromatic carbocycles. The minimum absolute atomic E-state index is 0.829. The Morgan fingerprint density at radius 1 is 1.27 bits per heavy atom. The summed E-state index contributed by atoms with van der Waals surface area (Å²) in [5, 5.41) is 3.71. The molecular formula is C12H24N2S. The molecule has 88 valence electrons. The minimum atomic E-state index is 0.829. The Kier molecular flexibility index (Phi) is 4.35. The van der Waals surface area contributed by atoms with Crippen LogP contribution in [0.25, 0.3) is 0 Å². The molecule has 2 nitrogen and oxygen atoms in total. The first-order valence-electron chi connectivity index (χ1n) is 6.33. The van der Waals surface area contributed by atoms with Crippen LogP contribution in [0.1, 0.15) is 32.6 Å². The molecular weight excluding hydrogens is 204 g/mol. The zero-order valence-electron chi connectivity index (χ0n) is 10.0. The Morgan fingerprint density at radius 2 is 1.93 bits per heavy atom. The predicted molar refractivity (Wildman–Crippen MR) is 68.6 cm³/mol. The largest absolute Gasteiger partial charge is 0.311 e. The van der Waals surface area contributed by atoms with Crippen LogP contribution in [0.3, 0.4) is 0 Å². The number of fused-ring (bicyclic) bond motifs is 2. The first-order valence-corrected chi connectivity index (χ1v) is 7.49. The van der Waals surface area contributed by atoms with Crippen LogP contribution in [0.2, 0.25) is 0 Å². The van der Waals surface area contributed by atoms with E-state index in [0.29, 0.717) is 0 Å². The summed E-state index contributed by atoms with van der Waals surface area (Å²) in [5.74, 6) is 2.55. The van der Waals surface area contributed by atoms with Crippen molar-refractivity contribution in [3.63, 3.8) is 0 Å². The van der Waals surface area contributed by atoms with Crippen molar-refractivity contribution in [3.05, 3.63) is 0 Å². The molecule has 0 spiro atoms. The number of hydrogen-bond donors (Lipinski definition) is 1. The van der Waals surface area contributed by atoms with Gasteiger partial charge in [-0.3, -0.25) is 0 Å². The third-order valence-corrected chi connectivity index (χ3v) is 4.74. The van der Waals surface area contributed by atoms with Crippen LogP contribution in [0.5, 0.6) is 0 Å². The van der Waals surface area contributed by atoms with Crippen molar-refractivity contribution in [2.24, 2.45) is 0 Å². The average Bonchev–Trinajstić information content (AvgIpc) is 2.58. The molecule has 0 aliphatic carbocycles. The van der Waals surface area contributed by atoms with Gasteiger partial charge in [0.05, 0.1) is 0 Å². The van der Waals surface area contributed by atoms with Crippen LogP contribution in [0.4, 0.5) is 0 Å². The van der Waals surface area contributed by atoms with Gasteiger partial charge >= 0.3 is 0 Å². The fourth-order valence-electron chi connectivity index (χ4n) is 2.92. The van der Waals surface area contributed by atoms with E-state index in [9.17, 15) is 0 Å². The minimum Gasteiger partial charge on any atom is -0.311 e. The lowest BCUT2D eigenvalue weighted by Crippen LogP contribution is -2.47. The summed E-state index contributed by atoms with van der Waals surface area (Å²) < 4.78 is 0. The maximum atomic E-state index is 3.71.